The third-order valence-electron chi connectivity index (χ3n) is 7.51. The summed E-state index contributed by atoms with van der Waals surface area (Å²) in [6, 6.07) is 12.9. The second-order valence-electron chi connectivity index (χ2n) is 11.3. The number of benzene rings is 2. The van der Waals surface area contributed by atoms with E-state index in [9.17, 15) is 19.5 Å². The Morgan fingerprint density at radius 1 is 1.02 bits per heavy atom. The summed E-state index contributed by atoms with van der Waals surface area (Å²) in [5.74, 6) is -0.908. The Kier molecular flexibility index (Phi) is 11.5. The predicted molar refractivity (Wildman–Crippen MR) is 160 cm³/mol. The predicted octanol–water partition coefficient (Wildman–Crippen LogP) is 3.26. The van der Waals surface area contributed by atoms with Gasteiger partial charge in [-0.05, 0) is 61.7 Å². The van der Waals surface area contributed by atoms with Crippen molar-refractivity contribution in [1.82, 2.24) is 20.9 Å². The van der Waals surface area contributed by atoms with Crippen LogP contribution in [0.2, 0.25) is 0 Å². The summed E-state index contributed by atoms with van der Waals surface area (Å²) in [6.07, 6.45) is 2.60. The van der Waals surface area contributed by atoms with Crippen molar-refractivity contribution in [2.45, 2.75) is 70.9 Å². The lowest BCUT2D eigenvalue weighted by molar-refractivity contribution is -0.137. The molecular formula is C32H44N4O5. The van der Waals surface area contributed by atoms with Crippen LogP contribution in [0.4, 0.5) is 0 Å². The van der Waals surface area contributed by atoms with Crippen LogP contribution >= 0.6 is 0 Å². The molecule has 0 saturated carbocycles. The van der Waals surface area contributed by atoms with Gasteiger partial charge < -0.3 is 25.8 Å². The smallest absolute Gasteiger partial charge is 0.249 e. The van der Waals surface area contributed by atoms with Crippen LogP contribution in [-0.4, -0.2) is 66.1 Å². The van der Waals surface area contributed by atoms with Crippen molar-refractivity contribution in [2.24, 2.45) is 11.8 Å². The summed E-state index contributed by atoms with van der Waals surface area (Å²) < 4.78 is 6.33. The average molecular weight is 565 g/mol. The van der Waals surface area contributed by atoms with Crippen LogP contribution in [0.3, 0.4) is 0 Å². The Labute approximate surface area is 243 Å². The Balaban J connectivity index is 2.05. The minimum atomic E-state index is -1.34. The van der Waals surface area contributed by atoms with E-state index in [4.69, 9.17) is 4.74 Å². The number of fused-ring (bicyclic) bond motifs is 10. The quantitative estimate of drug-likeness (QED) is 0.371. The van der Waals surface area contributed by atoms with Gasteiger partial charge in [0.05, 0.1) is 6.04 Å². The fraction of sp³-hybridized carbons (Fsp3) is 0.469. The molecule has 9 nitrogen and oxygen atoms in total. The molecular weight excluding hydrogens is 520 g/mol. The van der Waals surface area contributed by atoms with Crippen molar-refractivity contribution >= 4 is 23.8 Å². The SMILES string of the molecule is CC[C@H](C)C[C@@H](C(=O)N[C@H]1C(=O)N[C@H]([C@H](O)c2ccccc2)C(=O)N/C=C\c2ccc(cc2)O[C@H]1C(C)C)N(C)C. The molecule has 41 heavy (non-hydrogen) atoms. The van der Waals surface area contributed by atoms with Crippen molar-refractivity contribution in [3.05, 3.63) is 71.9 Å². The zero-order valence-corrected chi connectivity index (χ0v) is 24.8. The number of carbonyl (C=O) groups excluding carboxylic acids is 3. The summed E-state index contributed by atoms with van der Waals surface area (Å²) in [7, 11) is 3.67. The number of hydrogen-bond acceptors (Lipinski definition) is 6. The molecule has 222 valence electrons. The zero-order valence-electron chi connectivity index (χ0n) is 24.8. The van der Waals surface area contributed by atoms with Gasteiger partial charge in [-0.15, -0.1) is 0 Å². The first-order valence-corrected chi connectivity index (χ1v) is 14.3. The number of nitrogens with zero attached hydrogens (tertiary/aromatic N) is 1. The first kappa shape index (κ1) is 31.8. The molecule has 9 heteroatoms. The molecule has 2 bridgehead atoms. The molecule has 0 unspecified atom stereocenters. The fourth-order valence-electron chi connectivity index (χ4n) is 4.73. The maximum absolute atomic E-state index is 14.0. The lowest BCUT2D eigenvalue weighted by Gasteiger charge is -2.34. The summed E-state index contributed by atoms with van der Waals surface area (Å²) >= 11 is 0. The van der Waals surface area contributed by atoms with E-state index in [0.29, 0.717) is 23.7 Å². The van der Waals surface area contributed by atoms with E-state index < -0.39 is 42.1 Å². The third-order valence-corrected chi connectivity index (χ3v) is 7.51. The lowest BCUT2D eigenvalue weighted by Crippen LogP contribution is -2.62. The summed E-state index contributed by atoms with van der Waals surface area (Å²) in [5, 5.41) is 19.6. The van der Waals surface area contributed by atoms with Gasteiger partial charge >= 0.3 is 0 Å². The fourth-order valence-corrected chi connectivity index (χ4v) is 4.73. The molecule has 4 N–H and O–H groups in total. The largest absolute Gasteiger partial charge is 0.487 e. The topological polar surface area (TPSA) is 120 Å². The zero-order chi connectivity index (χ0) is 30.1. The van der Waals surface area contributed by atoms with Crippen LogP contribution in [0, 0.1) is 11.8 Å². The van der Waals surface area contributed by atoms with Crippen molar-refractivity contribution in [3.63, 3.8) is 0 Å². The molecule has 2 aromatic carbocycles. The molecule has 3 amide bonds. The summed E-state index contributed by atoms with van der Waals surface area (Å²) in [6.45, 7) is 7.98. The van der Waals surface area contributed by atoms with Gasteiger partial charge in [0.25, 0.3) is 0 Å². The maximum atomic E-state index is 14.0. The minimum absolute atomic E-state index is 0.197. The molecule has 2 aromatic rings. The average Bonchev–Trinajstić information content (AvgIpc) is 2.96. The van der Waals surface area contributed by atoms with E-state index in [1.165, 1.54) is 6.20 Å². The first-order chi connectivity index (χ1) is 19.5. The summed E-state index contributed by atoms with van der Waals surface area (Å²) in [5.41, 5.74) is 1.29. The number of hydrogen-bond donors (Lipinski definition) is 4. The van der Waals surface area contributed by atoms with Gasteiger partial charge in [-0.3, -0.25) is 19.3 Å². The second-order valence-corrected chi connectivity index (χ2v) is 11.3. The highest BCUT2D eigenvalue weighted by atomic mass is 16.5. The standard InChI is InChI=1S/C32H44N4O5/c1-7-21(4)19-25(36(5)6)30(38)35-27-29(20(2)3)41-24-15-13-22(14-16-24)17-18-33-31(39)26(34-32(27)40)28(37)23-11-9-8-10-12-23/h8-18,20-21,25-29,37H,7,19H2,1-6H3,(H,33,39)(H,34,40)(H,35,38)/b18-17-/t21-,25-,26+,27+,28+,29-/m0/s1. The highest BCUT2D eigenvalue weighted by molar-refractivity contribution is 5.94. The van der Waals surface area contributed by atoms with Gasteiger partial charge in [-0.1, -0.05) is 76.6 Å². The number of amides is 3. The van der Waals surface area contributed by atoms with Gasteiger partial charge in [0.2, 0.25) is 17.7 Å². The van der Waals surface area contributed by atoms with Crippen molar-refractivity contribution in [3.8, 4) is 5.75 Å². The van der Waals surface area contributed by atoms with Crippen molar-refractivity contribution in [1.29, 1.82) is 0 Å². The number of rotatable bonds is 9. The normalized spacial score (nSPS) is 22.6. The molecule has 0 spiro atoms. The van der Waals surface area contributed by atoms with E-state index in [1.54, 1.807) is 48.5 Å². The number of nitrogens with one attached hydrogen (secondary N) is 3. The lowest BCUT2D eigenvalue weighted by atomic mass is 9.94. The Bertz CT molecular complexity index is 1180. The number of likely N-dealkylation sites (N-methyl/N-ethyl adjacent to an activating group) is 1. The van der Waals surface area contributed by atoms with Crippen LogP contribution in [0.1, 0.15) is 57.8 Å². The Morgan fingerprint density at radius 2 is 1.68 bits per heavy atom. The molecule has 0 radical (unpaired) electrons. The van der Waals surface area contributed by atoms with E-state index in [2.05, 4.69) is 29.8 Å². The molecule has 4 rings (SSSR count). The van der Waals surface area contributed by atoms with Crippen LogP contribution in [0.5, 0.6) is 5.75 Å². The summed E-state index contributed by atoms with van der Waals surface area (Å²) in [4.78, 5) is 42.9. The van der Waals surface area contributed by atoms with E-state index in [0.717, 1.165) is 12.0 Å². The maximum Gasteiger partial charge on any atom is 0.249 e. The molecule has 2 aliphatic rings. The molecule has 0 fully saturated rings. The van der Waals surface area contributed by atoms with E-state index >= 15 is 0 Å². The van der Waals surface area contributed by atoms with Crippen LogP contribution in [0.15, 0.2) is 60.8 Å². The molecule has 2 heterocycles. The Hall–Kier alpha value is -3.69. The minimum Gasteiger partial charge on any atom is -0.487 e. The Morgan fingerprint density at radius 3 is 2.27 bits per heavy atom. The third kappa shape index (κ3) is 8.65. The molecule has 6 atom stereocenters. The number of aliphatic hydroxyl groups excluding tert-OH is 1. The van der Waals surface area contributed by atoms with Gasteiger partial charge in [0.15, 0.2) is 0 Å². The van der Waals surface area contributed by atoms with E-state index in [1.807, 2.05) is 45.0 Å². The van der Waals surface area contributed by atoms with Gasteiger partial charge in [-0.2, -0.15) is 0 Å². The van der Waals surface area contributed by atoms with Gasteiger partial charge in [-0.25, -0.2) is 0 Å². The van der Waals surface area contributed by atoms with Gasteiger partial charge in [0.1, 0.15) is 30.0 Å². The second kappa shape index (κ2) is 14.8. The van der Waals surface area contributed by atoms with Crippen molar-refractivity contribution < 1.29 is 24.2 Å². The van der Waals surface area contributed by atoms with Crippen LogP contribution in [0.25, 0.3) is 6.08 Å². The molecule has 2 aliphatic heterocycles. The molecule has 0 saturated heterocycles. The molecule has 0 aromatic heterocycles. The number of carbonyl (C=O) groups is 3. The van der Waals surface area contributed by atoms with E-state index in [-0.39, 0.29) is 11.8 Å². The number of aliphatic hydroxyl groups is 1. The highest BCUT2D eigenvalue weighted by Gasteiger charge is 2.39. The van der Waals surface area contributed by atoms with Gasteiger partial charge in [0, 0.05) is 6.20 Å². The van der Waals surface area contributed by atoms with Crippen molar-refractivity contribution in [2.75, 3.05) is 14.1 Å². The van der Waals surface area contributed by atoms with Crippen LogP contribution < -0.4 is 20.7 Å². The first-order valence-electron chi connectivity index (χ1n) is 14.3. The number of ether oxygens (including phenoxy) is 1. The monoisotopic (exact) mass is 564 g/mol. The van der Waals surface area contributed by atoms with Crippen LogP contribution in [-0.2, 0) is 14.4 Å². The molecule has 0 aliphatic carbocycles. The highest BCUT2D eigenvalue weighted by Crippen LogP contribution is 2.23.